The van der Waals surface area contributed by atoms with E-state index in [0.717, 1.165) is 19.6 Å². The number of aryl methyl sites for hydroxylation is 2. The maximum absolute atomic E-state index is 2.52. The molecule has 2 aromatic carbocycles. The summed E-state index contributed by atoms with van der Waals surface area (Å²) in [5.41, 5.74) is 4.32. The average Bonchev–Trinajstić information content (AvgIpc) is 2.96. The lowest BCUT2D eigenvalue weighted by Crippen LogP contribution is -2.23. The predicted octanol–water partition coefficient (Wildman–Crippen LogP) is 5.48. The fourth-order valence-electron chi connectivity index (χ4n) is 3.91. The van der Waals surface area contributed by atoms with E-state index >= 15 is 0 Å². The summed E-state index contributed by atoms with van der Waals surface area (Å²) >= 11 is 0. The molecule has 128 valence electrons. The Bertz CT molecular complexity index is 796. The van der Waals surface area contributed by atoms with Gasteiger partial charge in [0.05, 0.1) is 5.52 Å². The van der Waals surface area contributed by atoms with E-state index in [2.05, 4.69) is 72.7 Å². The number of benzene rings is 2. The minimum absolute atomic E-state index is 1.03. The first-order valence-electron chi connectivity index (χ1n) is 9.51. The summed E-state index contributed by atoms with van der Waals surface area (Å²) in [4.78, 5) is 2.52. The standard InChI is InChI=1S/C22H30N2/c1-4-23(5-2)17-10-9-12-18-13-11-15-20-19-14-7-8-16-21(19)24(6-3)22(18)20/h7-8,11,13-16H,4-6,9-10,12,17H2,1-3H3. The highest BCUT2D eigenvalue weighted by Gasteiger charge is 2.12. The lowest BCUT2D eigenvalue weighted by atomic mass is 10.0. The van der Waals surface area contributed by atoms with Crippen molar-refractivity contribution >= 4 is 21.8 Å². The van der Waals surface area contributed by atoms with Crippen molar-refractivity contribution in [2.75, 3.05) is 19.6 Å². The first-order chi connectivity index (χ1) is 11.8. The largest absolute Gasteiger partial charge is 0.341 e. The van der Waals surface area contributed by atoms with Gasteiger partial charge in [0.25, 0.3) is 0 Å². The zero-order valence-electron chi connectivity index (χ0n) is 15.4. The molecule has 24 heavy (non-hydrogen) atoms. The van der Waals surface area contributed by atoms with Gasteiger partial charge in [0.1, 0.15) is 0 Å². The van der Waals surface area contributed by atoms with Crippen molar-refractivity contribution < 1.29 is 0 Å². The fourth-order valence-corrected chi connectivity index (χ4v) is 3.91. The summed E-state index contributed by atoms with van der Waals surface area (Å²) in [5.74, 6) is 0. The third-order valence-electron chi connectivity index (χ3n) is 5.26. The predicted molar refractivity (Wildman–Crippen MR) is 106 cm³/mol. The molecular weight excluding hydrogens is 292 g/mol. The van der Waals surface area contributed by atoms with E-state index in [-0.39, 0.29) is 0 Å². The van der Waals surface area contributed by atoms with Gasteiger partial charge in [0, 0.05) is 22.8 Å². The summed E-state index contributed by atoms with van der Waals surface area (Å²) in [6.45, 7) is 11.3. The number of fused-ring (bicyclic) bond motifs is 3. The molecule has 0 atom stereocenters. The maximum Gasteiger partial charge on any atom is 0.0523 e. The Labute approximate surface area is 146 Å². The van der Waals surface area contributed by atoms with Crippen LogP contribution in [0.25, 0.3) is 21.8 Å². The van der Waals surface area contributed by atoms with Crippen LogP contribution in [0.2, 0.25) is 0 Å². The van der Waals surface area contributed by atoms with Crippen molar-refractivity contribution in [2.24, 2.45) is 0 Å². The molecule has 0 saturated carbocycles. The van der Waals surface area contributed by atoms with Crippen LogP contribution in [-0.4, -0.2) is 29.1 Å². The highest BCUT2D eigenvalue weighted by molar-refractivity contribution is 6.09. The lowest BCUT2D eigenvalue weighted by molar-refractivity contribution is 0.297. The smallest absolute Gasteiger partial charge is 0.0523 e. The number of hydrogen-bond acceptors (Lipinski definition) is 1. The molecular formula is C22H30N2. The molecule has 0 aliphatic rings. The molecule has 0 amide bonds. The topological polar surface area (TPSA) is 8.17 Å². The Morgan fingerprint density at radius 3 is 2.33 bits per heavy atom. The molecule has 2 heteroatoms. The zero-order valence-corrected chi connectivity index (χ0v) is 15.4. The second-order valence-electron chi connectivity index (χ2n) is 6.56. The van der Waals surface area contributed by atoms with Gasteiger partial charge >= 0.3 is 0 Å². The van der Waals surface area contributed by atoms with Crippen molar-refractivity contribution in [1.29, 1.82) is 0 Å². The maximum atomic E-state index is 2.52. The Morgan fingerprint density at radius 2 is 1.58 bits per heavy atom. The molecule has 2 nitrogen and oxygen atoms in total. The highest BCUT2D eigenvalue weighted by Crippen LogP contribution is 2.31. The van der Waals surface area contributed by atoms with Crippen molar-refractivity contribution in [3.8, 4) is 0 Å². The number of unbranched alkanes of at least 4 members (excludes halogenated alkanes) is 1. The van der Waals surface area contributed by atoms with E-state index in [1.807, 2.05) is 0 Å². The van der Waals surface area contributed by atoms with Crippen LogP contribution in [0.4, 0.5) is 0 Å². The molecule has 0 aliphatic heterocycles. The minimum Gasteiger partial charge on any atom is -0.341 e. The second-order valence-corrected chi connectivity index (χ2v) is 6.56. The van der Waals surface area contributed by atoms with Gasteiger partial charge in [-0.15, -0.1) is 0 Å². The Hall–Kier alpha value is -1.80. The van der Waals surface area contributed by atoms with Crippen LogP contribution in [0.1, 0.15) is 39.2 Å². The third-order valence-corrected chi connectivity index (χ3v) is 5.26. The third kappa shape index (κ3) is 3.21. The van der Waals surface area contributed by atoms with Gasteiger partial charge in [-0.25, -0.2) is 0 Å². The van der Waals surface area contributed by atoms with Gasteiger partial charge in [-0.3, -0.25) is 0 Å². The minimum atomic E-state index is 1.03. The van der Waals surface area contributed by atoms with E-state index in [4.69, 9.17) is 0 Å². The van der Waals surface area contributed by atoms with Crippen molar-refractivity contribution in [3.05, 3.63) is 48.0 Å². The molecule has 0 N–H and O–H groups in total. The van der Waals surface area contributed by atoms with Gasteiger partial charge in [0.15, 0.2) is 0 Å². The lowest BCUT2D eigenvalue weighted by Gasteiger charge is -2.17. The number of para-hydroxylation sites is 2. The molecule has 1 aromatic heterocycles. The van der Waals surface area contributed by atoms with E-state index in [0.29, 0.717) is 0 Å². The van der Waals surface area contributed by atoms with E-state index in [1.54, 1.807) is 0 Å². The quantitative estimate of drug-likeness (QED) is 0.499. The van der Waals surface area contributed by atoms with Crippen molar-refractivity contribution in [3.63, 3.8) is 0 Å². The van der Waals surface area contributed by atoms with Crippen LogP contribution < -0.4 is 0 Å². The molecule has 3 aromatic rings. The summed E-state index contributed by atoms with van der Waals surface area (Å²) in [5, 5.41) is 2.80. The fraction of sp³-hybridized carbons (Fsp3) is 0.455. The summed E-state index contributed by atoms with van der Waals surface area (Å²) in [6, 6.07) is 15.6. The molecule has 0 unspecified atom stereocenters. The number of rotatable bonds is 8. The van der Waals surface area contributed by atoms with E-state index < -0.39 is 0 Å². The van der Waals surface area contributed by atoms with Crippen molar-refractivity contribution in [2.45, 2.75) is 46.6 Å². The number of hydrogen-bond donors (Lipinski definition) is 0. The van der Waals surface area contributed by atoms with Crippen LogP contribution in [0.3, 0.4) is 0 Å². The Balaban J connectivity index is 1.86. The molecule has 0 spiro atoms. The van der Waals surface area contributed by atoms with Crippen LogP contribution in [0.15, 0.2) is 42.5 Å². The highest BCUT2D eigenvalue weighted by atomic mass is 15.1. The van der Waals surface area contributed by atoms with E-state index in [9.17, 15) is 0 Å². The van der Waals surface area contributed by atoms with Gasteiger partial charge < -0.3 is 9.47 Å². The molecule has 1 heterocycles. The zero-order chi connectivity index (χ0) is 16.9. The second kappa shape index (κ2) is 7.85. The van der Waals surface area contributed by atoms with Crippen LogP contribution in [-0.2, 0) is 13.0 Å². The van der Waals surface area contributed by atoms with Gasteiger partial charge in [-0.2, -0.15) is 0 Å². The van der Waals surface area contributed by atoms with E-state index in [1.165, 1.54) is 53.2 Å². The first-order valence-corrected chi connectivity index (χ1v) is 9.51. The number of aromatic nitrogens is 1. The molecule has 0 saturated heterocycles. The van der Waals surface area contributed by atoms with Crippen LogP contribution in [0, 0.1) is 0 Å². The molecule has 0 radical (unpaired) electrons. The monoisotopic (exact) mass is 322 g/mol. The summed E-state index contributed by atoms with van der Waals surface area (Å²) < 4.78 is 2.49. The SMILES string of the molecule is CCN(CC)CCCCc1cccc2c3ccccc3n(CC)c12. The Morgan fingerprint density at radius 1 is 0.833 bits per heavy atom. The summed E-state index contributed by atoms with van der Waals surface area (Å²) in [7, 11) is 0. The number of nitrogens with zero attached hydrogens (tertiary/aromatic N) is 2. The molecule has 0 fully saturated rings. The van der Waals surface area contributed by atoms with Crippen molar-refractivity contribution in [1.82, 2.24) is 9.47 Å². The molecule has 3 rings (SSSR count). The van der Waals surface area contributed by atoms with Crippen LogP contribution in [0.5, 0.6) is 0 Å². The van der Waals surface area contributed by atoms with Gasteiger partial charge in [-0.1, -0.05) is 50.2 Å². The summed E-state index contributed by atoms with van der Waals surface area (Å²) in [6.07, 6.45) is 3.72. The van der Waals surface area contributed by atoms with Gasteiger partial charge in [-0.05, 0) is 57.5 Å². The molecule has 0 aliphatic carbocycles. The normalized spacial score (nSPS) is 11.8. The first kappa shape index (κ1) is 17.0. The average molecular weight is 322 g/mol. The van der Waals surface area contributed by atoms with Crippen LogP contribution >= 0.6 is 0 Å². The molecule has 0 bridgehead atoms. The Kier molecular flexibility index (Phi) is 5.57. The van der Waals surface area contributed by atoms with Gasteiger partial charge in [0.2, 0.25) is 0 Å².